The van der Waals surface area contributed by atoms with Crippen LogP contribution in [0.15, 0.2) is 42.6 Å². The van der Waals surface area contributed by atoms with Crippen molar-refractivity contribution < 1.29 is 14.3 Å². The Kier molecular flexibility index (Phi) is 13.3. The van der Waals surface area contributed by atoms with Gasteiger partial charge in [-0.3, -0.25) is 9.78 Å². The maximum Gasteiger partial charge on any atom is 0.306 e. The molecule has 182 valence electrons. The van der Waals surface area contributed by atoms with Crippen molar-refractivity contribution in [3.8, 4) is 17.0 Å². The van der Waals surface area contributed by atoms with Crippen molar-refractivity contribution in [2.24, 2.45) is 0 Å². The van der Waals surface area contributed by atoms with Crippen LogP contribution in [0.5, 0.6) is 5.75 Å². The van der Waals surface area contributed by atoms with Crippen LogP contribution in [0.4, 0.5) is 0 Å². The van der Waals surface area contributed by atoms with Gasteiger partial charge in [-0.2, -0.15) is 0 Å². The number of ether oxygens (including phenoxy) is 2. The van der Waals surface area contributed by atoms with Gasteiger partial charge in [-0.1, -0.05) is 64.9 Å². The third kappa shape index (κ3) is 11.4. The van der Waals surface area contributed by atoms with E-state index < -0.39 is 0 Å². The number of unbranched alkanes of at least 4 members (excludes halogenated alkanes) is 7. The minimum atomic E-state index is -0.127. The fourth-order valence-corrected chi connectivity index (χ4v) is 3.78. The number of carbonyl (C=O) groups excluding carboxylic acids is 1. The van der Waals surface area contributed by atoms with Crippen LogP contribution in [0.25, 0.3) is 11.3 Å². The van der Waals surface area contributed by atoms with E-state index in [9.17, 15) is 4.79 Å². The molecule has 0 bridgehead atoms. The molecule has 2 rings (SSSR count). The summed E-state index contributed by atoms with van der Waals surface area (Å²) in [6.07, 6.45) is 15.2. The van der Waals surface area contributed by atoms with Crippen molar-refractivity contribution in [3.05, 3.63) is 48.2 Å². The molecule has 0 aliphatic carbocycles. The van der Waals surface area contributed by atoms with E-state index in [4.69, 9.17) is 9.47 Å². The second kappa shape index (κ2) is 16.3. The Morgan fingerprint density at radius 2 is 1.58 bits per heavy atom. The zero-order chi connectivity index (χ0) is 23.7. The van der Waals surface area contributed by atoms with Gasteiger partial charge in [-0.05, 0) is 62.1 Å². The van der Waals surface area contributed by atoms with E-state index in [2.05, 4.69) is 31.0 Å². The predicted molar refractivity (Wildman–Crippen MR) is 137 cm³/mol. The Morgan fingerprint density at radius 3 is 2.27 bits per heavy atom. The zero-order valence-electron chi connectivity index (χ0n) is 21.0. The Bertz CT molecular complexity index is 770. The minimum Gasteiger partial charge on any atom is -0.493 e. The molecule has 33 heavy (non-hydrogen) atoms. The first-order valence-electron chi connectivity index (χ1n) is 13.0. The van der Waals surface area contributed by atoms with Gasteiger partial charge >= 0.3 is 5.97 Å². The molecule has 0 amide bonds. The Hall–Kier alpha value is -2.36. The molecule has 4 nitrogen and oxygen atoms in total. The molecule has 0 saturated heterocycles. The monoisotopic (exact) mass is 453 g/mol. The zero-order valence-corrected chi connectivity index (χ0v) is 21.0. The van der Waals surface area contributed by atoms with Crippen LogP contribution in [-0.4, -0.2) is 23.7 Å². The van der Waals surface area contributed by atoms with Crippen LogP contribution in [0.2, 0.25) is 0 Å². The standard InChI is InChI=1S/C29H43NO3/c1-4-6-8-9-10-12-13-25-15-20-28(30-23-25)26-16-18-27(19-17-26)32-22-21-24(3)33-29(31)14-11-7-5-2/h15-20,23-24H,4-14,21-22H2,1-3H3. The number of nitrogens with zero attached hydrogens (tertiary/aromatic N) is 1. The molecule has 1 heterocycles. The molecule has 1 aromatic heterocycles. The highest BCUT2D eigenvalue weighted by atomic mass is 16.5. The van der Waals surface area contributed by atoms with Crippen molar-refractivity contribution in [1.29, 1.82) is 0 Å². The number of hydrogen-bond acceptors (Lipinski definition) is 4. The molecule has 0 radical (unpaired) electrons. The number of esters is 1. The van der Waals surface area contributed by atoms with E-state index in [1.807, 2.05) is 37.4 Å². The second-order valence-corrected chi connectivity index (χ2v) is 8.99. The first kappa shape index (κ1) is 26.9. The molecule has 0 saturated carbocycles. The van der Waals surface area contributed by atoms with E-state index >= 15 is 0 Å². The third-order valence-corrected chi connectivity index (χ3v) is 5.90. The summed E-state index contributed by atoms with van der Waals surface area (Å²) in [4.78, 5) is 16.4. The fraction of sp³-hybridized carbons (Fsp3) is 0.586. The lowest BCUT2D eigenvalue weighted by atomic mass is 10.1. The summed E-state index contributed by atoms with van der Waals surface area (Å²) >= 11 is 0. The summed E-state index contributed by atoms with van der Waals surface area (Å²) in [6.45, 7) is 6.83. The molecule has 0 fully saturated rings. The van der Waals surface area contributed by atoms with E-state index in [1.165, 1.54) is 44.1 Å². The smallest absolute Gasteiger partial charge is 0.306 e. The fourth-order valence-electron chi connectivity index (χ4n) is 3.78. The molecule has 1 unspecified atom stereocenters. The van der Waals surface area contributed by atoms with Crippen LogP contribution in [0.3, 0.4) is 0 Å². The summed E-state index contributed by atoms with van der Waals surface area (Å²) in [5, 5.41) is 0. The van der Waals surface area contributed by atoms with Gasteiger partial charge in [0.25, 0.3) is 0 Å². The van der Waals surface area contributed by atoms with Gasteiger partial charge in [0.1, 0.15) is 11.9 Å². The summed E-state index contributed by atoms with van der Waals surface area (Å²) in [5.74, 6) is 0.714. The summed E-state index contributed by atoms with van der Waals surface area (Å²) in [6, 6.07) is 12.3. The number of hydrogen-bond donors (Lipinski definition) is 0. The van der Waals surface area contributed by atoms with Gasteiger partial charge in [0.15, 0.2) is 0 Å². The lowest BCUT2D eigenvalue weighted by molar-refractivity contribution is -0.148. The molecule has 0 aliphatic heterocycles. The number of aromatic nitrogens is 1. The Morgan fingerprint density at radius 1 is 0.879 bits per heavy atom. The van der Waals surface area contributed by atoms with Crippen molar-refractivity contribution in [1.82, 2.24) is 4.98 Å². The lowest BCUT2D eigenvalue weighted by Crippen LogP contribution is -2.17. The molecular formula is C29H43NO3. The quantitative estimate of drug-likeness (QED) is 0.180. The number of carbonyl (C=O) groups is 1. The average Bonchev–Trinajstić information content (AvgIpc) is 2.82. The Balaban J connectivity index is 1.69. The highest BCUT2D eigenvalue weighted by Gasteiger charge is 2.09. The maximum atomic E-state index is 11.8. The van der Waals surface area contributed by atoms with E-state index in [-0.39, 0.29) is 12.1 Å². The van der Waals surface area contributed by atoms with Crippen LogP contribution >= 0.6 is 0 Å². The first-order valence-corrected chi connectivity index (χ1v) is 13.0. The summed E-state index contributed by atoms with van der Waals surface area (Å²) < 4.78 is 11.3. The van der Waals surface area contributed by atoms with Crippen LogP contribution in [-0.2, 0) is 16.0 Å². The van der Waals surface area contributed by atoms with Gasteiger partial charge in [0, 0.05) is 24.6 Å². The van der Waals surface area contributed by atoms with Crippen molar-refractivity contribution in [2.75, 3.05) is 6.61 Å². The van der Waals surface area contributed by atoms with Crippen molar-refractivity contribution >= 4 is 5.97 Å². The number of benzene rings is 1. The Labute approximate surface area is 201 Å². The van der Waals surface area contributed by atoms with Crippen LogP contribution < -0.4 is 4.74 Å². The van der Waals surface area contributed by atoms with Gasteiger partial charge in [0.05, 0.1) is 12.3 Å². The predicted octanol–water partition coefficient (Wildman–Crippen LogP) is 7.93. The molecular weight excluding hydrogens is 410 g/mol. The van der Waals surface area contributed by atoms with Gasteiger partial charge in [0.2, 0.25) is 0 Å². The SMILES string of the molecule is CCCCCCCCc1ccc(-c2ccc(OCCC(C)OC(=O)CCCCC)cc2)nc1. The molecule has 1 atom stereocenters. The maximum absolute atomic E-state index is 11.8. The largest absolute Gasteiger partial charge is 0.493 e. The van der Waals surface area contributed by atoms with Gasteiger partial charge in [-0.25, -0.2) is 0 Å². The minimum absolute atomic E-state index is 0.106. The average molecular weight is 454 g/mol. The number of rotatable bonds is 17. The van der Waals surface area contributed by atoms with Crippen molar-refractivity contribution in [3.63, 3.8) is 0 Å². The van der Waals surface area contributed by atoms with Gasteiger partial charge < -0.3 is 9.47 Å². The molecule has 1 aromatic carbocycles. The highest BCUT2D eigenvalue weighted by molar-refractivity contribution is 5.69. The van der Waals surface area contributed by atoms with Crippen LogP contribution in [0, 0.1) is 0 Å². The third-order valence-electron chi connectivity index (χ3n) is 5.90. The van der Waals surface area contributed by atoms with Crippen molar-refractivity contribution in [2.45, 2.75) is 104 Å². The number of pyridine rings is 1. The lowest BCUT2D eigenvalue weighted by Gasteiger charge is -2.14. The van der Waals surface area contributed by atoms with E-state index in [0.29, 0.717) is 19.4 Å². The molecule has 0 N–H and O–H groups in total. The molecule has 0 spiro atoms. The molecule has 2 aromatic rings. The second-order valence-electron chi connectivity index (χ2n) is 8.99. The van der Waals surface area contributed by atoms with Crippen LogP contribution in [0.1, 0.15) is 97.0 Å². The normalized spacial score (nSPS) is 11.8. The molecule has 4 heteroatoms. The van der Waals surface area contributed by atoms with E-state index in [1.54, 1.807) is 0 Å². The summed E-state index contributed by atoms with van der Waals surface area (Å²) in [7, 11) is 0. The topological polar surface area (TPSA) is 48.4 Å². The first-order chi connectivity index (χ1) is 16.1. The van der Waals surface area contributed by atoms with Gasteiger partial charge in [-0.15, -0.1) is 0 Å². The summed E-state index contributed by atoms with van der Waals surface area (Å²) in [5.41, 5.74) is 3.38. The van der Waals surface area contributed by atoms with E-state index in [0.717, 1.165) is 42.7 Å². The molecule has 0 aliphatic rings. The number of aryl methyl sites for hydroxylation is 1. The highest BCUT2D eigenvalue weighted by Crippen LogP contribution is 2.22.